The second-order valence-electron chi connectivity index (χ2n) is 4.69. The van der Waals surface area contributed by atoms with Crippen molar-refractivity contribution in [2.24, 2.45) is 0 Å². The highest BCUT2D eigenvalue weighted by atomic mass is 16.4. The van der Waals surface area contributed by atoms with E-state index in [1.165, 1.54) is 12.4 Å². The Morgan fingerprint density at radius 3 is 2.65 bits per heavy atom. The van der Waals surface area contributed by atoms with Crippen molar-refractivity contribution in [3.05, 3.63) is 35.5 Å². The fraction of sp³-hybridized carbons (Fsp3) is 0.385. The molecule has 0 aliphatic rings. The van der Waals surface area contributed by atoms with E-state index in [2.05, 4.69) is 20.4 Å². The Bertz CT molecular complexity index is 606. The summed E-state index contributed by atoms with van der Waals surface area (Å²) < 4.78 is 1.95. The first-order valence-corrected chi connectivity index (χ1v) is 6.29. The molecular weight excluding hydrogens is 258 g/mol. The minimum Gasteiger partial charge on any atom is -0.476 e. The number of carboxylic acid groups (broad SMARTS) is 1. The number of hydrogen-bond acceptors (Lipinski definition) is 5. The lowest BCUT2D eigenvalue weighted by atomic mass is 10.3. The van der Waals surface area contributed by atoms with Crippen LogP contribution in [0.3, 0.4) is 0 Å². The van der Waals surface area contributed by atoms with E-state index in [9.17, 15) is 4.79 Å². The van der Waals surface area contributed by atoms with Crippen molar-refractivity contribution in [2.45, 2.75) is 26.8 Å². The first-order chi connectivity index (χ1) is 9.47. The maximum atomic E-state index is 10.7. The normalized spacial score (nSPS) is 12.2. The molecular formula is C13H17N5O2. The van der Waals surface area contributed by atoms with Gasteiger partial charge in [-0.1, -0.05) is 0 Å². The van der Waals surface area contributed by atoms with E-state index < -0.39 is 5.97 Å². The van der Waals surface area contributed by atoms with Crippen molar-refractivity contribution >= 4 is 11.8 Å². The third kappa shape index (κ3) is 3.11. The molecule has 0 spiro atoms. The van der Waals surface area contributed by atoms with Gasteiger partial charge in [0.2, 0.25) is 0 Å². The maximum absolute atomic E-state index is 10.7. The number of carbonyl (C=O) groups is 1. The van der Waals surface area contributed by atoms with Crippen LogP contribution >= 0.6 is 0 Å². The maximum Gasteiger partial charge on any atom is 0.356 e. The molecule has 2 aromatic heterocycles. The first-order valence-electron chi connectivity index (χ1n) is 6.29. The van der Waals surface area contributed by atoms with E-state index in [4.69, 9.17) is 5.11 Å². The molecule has 2 aromatic rings. The van der Waals surface area contributed by atoms with Crippen molar-refractivity contribution < 1.29 is 9.90 Å². The Labute approximate surface area is 116 Å². The summed E-state index contributed by atoms with van der Waals surface area (Å²) in [5.74, 6) is -0.538. The van der Waals surface area contributed by atoms with Gasteiger partial charge in [-0.05, 0) is 26.8 Å². The zero-order chi connectivity index (χ0) is 14.7. The fourth-order valence-corrected chi connectivity index (χ4v) is 1.96. The van der Waals surface area contributed by atoms with Crippen LogP contribution in [0.2, 0.25) is 0 Å². The molecule has 106 valence electrons. The molecule has 0 saturated heterocycles. The Kier molecular flexibility index (Phi) is 3.97. The Morgan fingerprint density at radius 2 is 2.15 bits per heavy atom. The van der Waals surface area contributed by atoms with Crippen LogP contribution in [0, 0.1) is 13.8 Å². The molecule has 0 aromatic carbocycles. The average molecular weight is 275 g/mol. The summed E-state index contributed by atoms with van der Waals surface area (Å²) in [7, 11) is 0. The molecule has 2 N–H and O–H groups in total. The molecule has 7 heteroatoms. The summed E-state index contributed by atoms with van der Waals surface area (Å²) in [4.78, 5) is 18.5. The molecule has 2 rings (SSSR count). The number of rotatable bonds is 5. The summed E-state index contributed by atoms with van der Waals surface area (Å²) in [6.45, 7) is 6.65. The SMILES string of the molecule is Cc1cc(C)n(C(C)CNc2cnc(C(=O)O)cn2)n1. The van der Waals surface area contributed by atoms with Crippen molar-refractivity contribution in [3.63, 3.8) is 0 Å². The lowest BCUT2D eigenvalue weighted by molar-refractivity contribution is 0.0690. The summed E-state index contributed by atoms with van der Waals surface area (Å²) in [6.07, 6.45) is 2.65. The molecule has 0 aliphatic carbocycles. The van der Waals surface area contributed by atoms with E-state index in [1.54, 1.807) is 0 Å². The van der Waals surface area contributed by atoms with Gasteiger partial charge in [0.05, 0.1) is 24.1 Å². The largest absolute Gasteiger partial charge is 0.476 e. The molecule has 20 heavy (non-hydrogen) atoms. The van der Waals surface area contributed by atoms with Crippen LogP contribution in [0.15, 0.2) is 18.5 Å². The third-order valence-corrected chi connectivity index (χ3v) is 2.91. The molecule has 0 aliphatic heterocycles. The lowest BCUT2D eigenvalue weighted by Crippen LogP contribution is -2.19. The van der Waals surface area contributed by atoms with E-state index >= 15 is 0 Å². The summed E-state index contributed by atoms with van der Waals surface area (Å²) in [6, 6.07) is 2.18. The van der Waals surface area contributed by atoms with Gasteiger partial charge >= 0.3 is 5.97 Å². The highest BCUT2D eigenvalue weighted by Gasteiger charge is 2.10. The Morgan fingerprint density at radius 1 is 1.40 bits per heavy atom. The van der Waals surface area contributed by atoms with Crippen LogP contribution < -0.4 is 5.32 Å². The minimum absolute atomic E-state index is 0.0675. The van der Waals surface area contributed by atoms with Gasteiger partial charge < -0.3 is 10.4 Å². The van der Waals surface area contributed by atoms with Crippen LogP contribution in [0.5, 0.6) is 0 Å². The molecule has 2 heterocycles. The first kappa shape index (κ1) is 14.0. The van der Waals surface area contributed by atoms with Crippen LogP contribution in [0.1, 0.15) is 34.8 Å². The van der Waals surface area contributed by atoms with Gasteiger partial charge in [-0.2, -0.15) is 5.10 Å². The summed E-state index contributed by atoms with van der Waals surface area (Å²) in [5.41, 5.74) is 2.02. The zero-order valence-electron chi connectivity index (χ0n) is 11.7. The molecule has 0 radical (unpaired) electrons. The third-order valence-electron chi connectivity index (χ3n) is 2.91. The highest BCUT2D eigenvalue weighted by Crippen LogP contribution is 2.11. The number of aromatic carboxylic acids is 1. The van der Waals surface area contributed by atoms with Crippen molar-refractivity contribution in [2.75, 3.05) is 11.9 Å². The summed E-state index contributed by atoms with van der Waals surface area (Å²) >= 11 is 0. The minimum atomic E-state index is -1.08. The number of aromatic nitrogens is 4. The predicted molar refractivity (Wildman–Crippen MR) is 73.9 cm³/mol. The molecule has 0 saturated carbocycles. The number of nitrogens with one attached hydrogen (secondary N) is 1. The van der Waals surface area contributed by atoms with Crippen LogP contribution in [0.4, 0.5) is 5.82 Å². The number of aryl methyl sites for hydroxylation is 2. The van der Waals surface area contributed by atoms with Gasteiger partial charge in [0.15, 0.2) is 5.69 Å². The van der Waals surface area contributed by atoms with Gasteiger partial charge in [0.25, 0.3) is 0 Å². The van der Waals surface area contributed by atoms with E-state index in [1.807, 2.05) is 31.5 Å². The second-order valence-corrected chi connectivity index (χ2v) is 4.69. The average Bonchev–Trinajstić information content (AvgIpc) is 2.75. The second kappa shape index (κ2) is 5.68. The molecule has 7 nitrogen and oxygen atoms in total. The molecule has 1 atom stereocenters. The number of nitrogens with zero attached hydrogens (tertiary/aromatic N) is 4. The quantitative estimate of drug-likeness (QED) is 0.862. The van der Waals surface area contributed by atoms with Gasteiger partial charge in [0, 0.05) is 12.2 Å². The zero-order valence-corrected chi connectivity index (χ0v) is 11.7. The van der Waals surface area contributed by atoms with Crippen LogP contribution in [-0.4, -0.2) is 37.4 Å². The smallest absolute Gasteiger partial charge is 0.356 e. The van der Waals surface area contributed by atoms with Crippen molar-refractivity contribution in [3.8, 4) is 0 Å². The van der Waals surface area contributed by atoms with Gasteiger partial charge in [0.1, 0.15) is 5.82 Å². The van der Waals surface area contributed by atoms with Gasteiger partial charge in [-0.15, -0.1) is 0 Å². The fourth-order valence-electron chi connectivity index (χ4n) is 1.96. The number of anilines is 1. The van der Waals surface area contributed by atoms with E-state index in [0.717, 1.165) is 11.4 Å². The summed E-state index contributed by atoms with van der Waals surface area (Å²) in [5, 5.41) is 16.3. The Balaban J connectivity index is 1.98. The van der Waals surface area contributed by atoms with Crippen molar-refractivity contribution in [1.82, 2.24) is 19.7 Å². The molecule has 1 unspecified atom stereocenters. The van der Waals surface area contributed by atoms with Crippen LogP contribution in [0.25, 0.3) is 0 Å². The van der Waals surface area contributed by atoms with E-state index in [0.29, 0.717) is 12.4 Å². The van der Waals surface area contributed by atoms with Crippen molar-refractivity contribution in [1.29, 1.82) is 0 Å². The Hall–Kier alpha value is -2.44. The van der Waals surface area contributed by atoms with Gasteiger partial charge in [-0.25, -0.2) is 14.8 Å². The number of hydrogen-bond donors (Lipinski definition) is 2. The molecule has 0 bridgehead atoms. The highest BCUT2D eigenvalue weighted by molar-refractivity contribution is 5.84. The van der Waals surface area contributed by atoms with Crippen LogP contribution in [-0.2, 0) is 0 Å². The standard InChI is InChI=1S/C13H17N5O2/c1-8-4-9(2)18(17-8)10(3)5-15-12-7-14-11(6-16-12)13(19)20/h4,6-7,10H,5H2,1-3H3,(H,15,16)(H,19,20). The lowest BCUT2D eigenvalue weighted by Gasteiger charge is -2.15. The molecule has 0 fully saturated rings. The topological polar surface area (TPSA) is 92.9 Å². The monoisotopic (exact) mass is 275 g/mol. The predicted octanol–water partition coefficient (Wildman–Crippen LogP) is 1.66. The van der Waals surface area contributed by atoms with E-state index in [-0.39, 0.29) is 11.7 Å². The number of carboxylic acids is 1. The van der Waals surface area contributed by atoms with Gasteiger partial charge in [-0.3, -0.25) is 4.68 Å². The molecule has 0 amide bonds.